The summed E-state index contributed by atoms with van der Waals surface area (Å²) in [5.41, 5.74) is -1.46. The number of hydrogen-bond acceptors (Lipinski definition) is 4. The van der Waals surface area contributed by atoms with Crippen LogP contribution in [0.15, 0.2) is 12.1 Å². The highest BCUT2D eigenvalue weighted by Gasteiger charge is 2.25. The van der Waals surface area contributed by atoms with Gasteiger partial charge in [0.1, 0.15) is 3.57 Å². The van der Waals surface area contributed by atoms with Gasteiger partial charge in [0, 0.05) is 6.07 Å². The molecule has 0 bridgehead atoms. The topological polar surface area (TPSA) is 118 Å². The first kappa shape index (κ1) is 12.4. The minimum absolute atomic E-state index is 0.199. The number of aromatic carboxylic acids is 2. The van der Waals surface area contributed by atoms with E-state index >= 15 is 0 Å². The number of carboxylic acids is 2. The molecule has 0 aliphatic carbocycles. The Hall–Kier alpha value is -1.71. The molecular weight excluding hydrogens is 333 g/mol. The van der Waals surface area contributed by atoms with Gasteiger partial charge in [-0.15, -0.1) is 0 Å². The summed E-state index contributed by atoms with van der Waals surface area (Å²) in [6, 6.07) is 1.88. The Labute approximate surface area is 102 Å². The monoisotopic (exact) mass is 337 g/mol. The van der Waals surface area contributed by atoms with Crippen molar-refractivity contribution in [3.63, 3.8) is 0 Å². The number of benzene rings is 1. The second-order valence-electron chi connectivity index (χ2n) is 2.69. The molecule has 0 fully saturated rings. The number of halogens is 1. The summed E-state index contributed by atoms with van der Waals surface area (Å²) < 4.78 is -0.199. The van der Waals surface area contributed by atoms with E-state index in [0.717, 1.165) is 12.1 Å². The van der Waals surface area contributed by atoms with Gasteiger partial charge in [-0.2, -0.15) is 0 Å². The number of rotatable bonds is 3. The molecule has 0 aromatic heterocycles. The predicted molar refractivity (Wildman–Crippen MR) is 59.7 cm³/mol. The fraction of sp³-hybridized carbons (Fsp3) is 0. The van der Waals surface area contributed by atoms with Crippen LogP contribution < -0.4 is 0 Å². The molecule has 0 unspecified atom stereocenters. The molecule has 1 aromatic rings. The van der Waals surface area contributed by atoms with Crippen molar-refractivity contribution in [2.45, 2.75) is 0 Å². The Morgan fingerprint density at radius 2 is 1.81 bits per heavy atom. The average molecular weight is 337 g/mol. The summed E-state index contributed by atoms with van der Waals surface area (Å²) in [6.45, 7) is 0. The summed E-state index contributed by atoms with van der Waals surface area (Å²) in [5, 5.41) is 28.1. The van der Waals surface area contributed by atoms with Crippen LogP contribution in [0, 0.1) is 13.7 Å². The van der Waals surface area contributed by atoms with Crippen molar-refractivity contribution >= 4 is 40.2 Å². The van der Waals surface area contributed by atoms with E-state index in [-0.39, 0.29) is 3.57 Å². The van der Waals surface area contributed by atoms with Crippen LogP contribution in [0.3, 0.4) is 0 Å². The van der Waals surface area contributed by atoms with Gasteiger partial charge in [-0.1, -0.05) is 0 Å². The maximum atomic E-state index is 10.8. The molecule has 2 N–H and O–H groups in total. The third-order valence-electron chi connectivity index (χ3n) is 1.76. The van der Waals surface area contributed by atoms with E-state index in [0.29, 0.717) is 0 Å². The van der Waals surface area contributed by atoms with Crippen molar-refractivity contribution in [1.29, 1.82) is 0 Å². The van der Waals surface area contributed by atoms with E-state index in [2.05, 4.69) is 0 Å². The minimum atomic E-state index is -1.51. The van der Waals surface area contributed by atoms with Gasteiger partial charge in [0.25, 0.3) is 5.69 Å². The summed E-state index contributed by atoms with van der Waals surface area (Å²) in [4.78, 5) is 31.3. The van der Waals surface area contributed by atoms with Crippen molar-refractivity contribution in [2.24, 2.45) is 0 Å². The fourth-order valence-electron chi connectivity index (χ4n) is 1.09. The van der Waals surface area contributed by atoms with E-state index in [1.54, 1.807) is 0 Å². The second-order valence-corrected chi connectivity index (χ2v) is 3.77. The zero-order valence-electron chi connectivity index (χ0n) is 7.51. The quantitative estimate of drug-likeness (QED) is 0.491. The molecule has 0 amide bonds. The maximum Gasteiger partial charge on any atom is 0.337 e. The number of carboxylic acid groups (broad SMARTS) is 2. The van der Waals surface area contributed by atoms with E-state index in [1.807, 2.05) is 0 Å². The first-order chi connectivity index (χ1) is 7.36. The first-order valence-corrected chi connectivity index (χ1v) is 4.87. The third-order valence-corrected chi connectivity index (χ3v) is 2.85. The van der Waals surface area contributed by atoms with Crippen molar-refractivity contribution in [2.75, 3.05) is 0 Å². The second kappa shape index (κ2) is 4.43. The molecule has 8 heteroatoms. The van der Waals surface area contributed by atoms with Gasteiger partial charge in [-0.25, -0.2) is 9.59 Å². The lowest BCUT2D eigenvalue weighted by Crippen LogP contribution is -2.11. The molecule has 0 aliphatic heterocycles. The minimum Gasteiger partial charge on any atom is -0.478 e. The van der Waals surface area contributed by atoms with Gasteiger partial charge in [-0.3, -0.25) is 10.1 Å². The zero-order chi connectivity index (χ0) is 12.5. The molecule has 1 aromatic carbocycles. The Morgan fingerprint density at radius 1 is 1.25 bits per heavy atom. The number of carbonyl (C=O) groups is 2. The van der Waals surface area contributed by atoms with Crippen LogP contribution in [0.4, 0.5) is 5.69 Å². The Kier molecular flexibility index (Phi) is 3.42. The maximum absolute atomic E-state index is 10.8. The van der Waals surface area contributed by atoms with E-state index in [1.165, 1.54) is 22.6 Å². The highest BCUT2D eigenvalue weighted by molar-refractivity contribution is 14.1. The van der Waals surface area contributed by atoms with Crippen LogP contribution in [0.25, 0.3) is 0 Å². The average Bonchev–Trinajstić information content (AvgIpc) is 2.15. The van der Waals surface area contributed by atoms with Crippen molar-refractivity contribution < 1.29 is 24.7 Å². The van der Waals surface area contributed by atoms with Crippen LogP contribution in [-0.2, 0) is 0 Å². The highest BCUT2D eigenvalue weighted by atomic mass is 127. The SMILES string of the molecule is O=C(O)c1ccc([N+](=O)[O-])c(I)c1C(=O)O. The van der Waals surface area contributed by atoms with Crippen LogP contribution in [-0.4, -0.2) is 27.1 Å². The number of nitro benzene ring substituents is 1. The van der Waals surface area contributed by atoms with Crippen LogP contribution in [0.5, 0.6) is 0 Å². The number of nitrogens with zero attached hydrogens (tertiary/aromatic N) is 1. The van der Waals surface area contributed by atoms with Crippen LogP contribution in [0.1, 0.15) is 20.7 Å². The smallest absolute Gasteiger partial charge is 0.337 e. The van der Waals surface area contributed by atoms with Gasteiger partial charge < -0.3 is 10.2 Å². The van der Waals surface area contributed by atoms with E-state index < -0.39 is 33.7 Å². The van der Waals surface area contributed by atoms with Gasteiger partial charge in [-0.05, 0) is 28.7 Å². The molecular formula is C8H4INO6. The highest BCUT2D eigenvalue weighted by Crippen LogP contribution is 2.27. The molecule has 1 rings (SSSR count). The molecule has 84 valence electrons. The number of hydrogen-bond donors (Lipinski definition) is 2. The van der Waals surface area contributed by atoms with Gasteiger partial charge in [0.15, 0.2) is 0 Å². The molecule has 0 heterocycles. The normalized spacial score (nSPS) is 9.81. The molecule has 0 radical (unpaired) electrons. The lowest BCUT2D eigenvalue weighted by Gasteiger charge is -2.04. The fourth-order valence-corrected chi connectivity index (χ4v) is 1.99. The molecule has 0 aliphatic rings. The molecule has 16 heavy (non-hydrogen) atoms. The summed E-state index contributed by atoms with van der Waals surface area (Å²) in [5.74, 6) is -2.95. The van der Waals surface area contributed by atoms with Gasteiger partial charge in [0.2, 0.25) is 0 Å². The molecule has 0 atom stereocenters. The summed E-state index contributed by atoms with van der Waals surface area (Å²) in [7, 11) is 0. The molecule has 0 spiro atoms. The predicted octanol–water partition coefficient (Wildman–Crippen LogP) is 1.60. The lowest BCUT2D eigenvalue weighted by atomic mass is 10.1. The van der Waals surface area contributed by atoms with E-state index in [9.17, 15) is 19.7 Å². The number of nitro groups is 1. The van der Waals surface area contributed by atoms with Gasteiger partial charge >= 0.3 is 11.9 Å². The molecule has 7 nitrogen and oxygen atoms in total. The zero-order valence-corrected chi connectivity index (χ0v) is 9.66. The summed E-state index contributed by atoms with van der Waals surface area (Å²) in [6.07, 6.45) is 0. The van der Waals surface area contributed by atoms with Crippen molar-refractivity contribution in [3.8, 4) is 0 Å². The van der Waals surface area contributed by atoms with Crippen LogP contribution in [0.2, 0.25) is 0 Å². The third kappa shape index (κ3) is 2.10. The summed E-state index contributed by atoms with van der Waals surface area (Å²) >= 11 is 1.44. The van der Waals surface area contributed by atoms with Crippen molar-refractivity contribution in [3.05, 3.63) is 36.9 Å². The first-order valence-electron chi connectivity index (χ1n) is 3.79. The Morgan fingerprint density at radius 3 is 2.19 bits per heavy atom. The molecule has 0 saturated carbocycles. The lowest BCUT2D eigenvalue weighted by molar-refractivity contribution is -0.385. The van der Waals surface area contributed by atoms with Crippen LogP contribution >= 0.6 is 22.6 Å². The van der Waals surface area contributed by atoms with E-state index in [4.69, 9.17) is 10.2 Å². The van der Waals surface area contributed by atoms with Gasteiger partial charge in [0.05, 0.1) is 16.1 Å². The standard InChI is InChI=1S/C8H4INO6/c9-6-4(10(15)16)2-1-3(7(11)12)5(6)8(13)14/h1-2H,(H,11,12)(H,13,14). The largest absolute Gasteiger partial charge is 0.478 e. The Balaban J connectivity index is 3.60. The molecule has 0 saturated heterocycles. The van der Waals surface area contributed by atoms with Crippen molar-refractivity contribution in [1.82, 2.24) is 0 Å². The Bertz CT molecular complexity index is 498.